The van der Waals surface area contributed by atoms with Crippen LogP contribution < -0.4 is 10.6 Å². The second kappa shape index (κ2) is 4.97. The molecule has 1 aromatic carbocycles. The minimum absolute atomic E-state index is 0.155. The van der Waals surface area contributed by atoms with E-state index in [1.807, 2.05) is 0 Å². The van der Waals surface area contributed by atoms with Crippen molar-refractivity contribution in [2.24, 2.45) is 0 Å². The molecule has 0 atom stereocenters. The third-order valence-corrected chi connectivity index (χ3v) is 1.84. The van der Waals surface area contributed by atoms with E-state index in [2.05, 4.69) is 10.6 Å². The zero-order chi connectivity index (χ0) is 11.4. The number of thiocarbonyl (C=S) groups is 1. The number of hydrogen-bond acceptors (Lipinski definition) is 1. The Balaban J connectivity index is 2.86. The number of rotatable bonds is 2. The van der Waals surface area contributed by atoms with E-state index < -0.39 is 17.5 Å². The lowest BCUT2D eigenvalue weighted by atomic mass is 10.3. The second-order valence-electron chi connectivity index (χ2n) is 2.73. The van der Waals surface area contributed by atoms with E-state index in [1.54, 1.807) is 6.92 Å². The lowest BCUT2D eigenvalue weighted by Crippen LogP contribution is -2.28. The van der Waals surface area contributed by atoms with E-state index in [9.17, 15) is 13.2 Å². The summed E-state index contributed by atoms with van der Waals surface area (Å²) in [6, 6.07) is 1.18. The van der Waals surface area contributed by atoms with Crippen LogP contribution in [0, 0.1) is 17.5 Å². The Morgan fingerprint density at radius 2 is 1.80 bits per heavy atom. The van der Waals surface area contributed by atoms with Crippen LogP contribution in [-0.2, 0) is 0 Å². The molecule has 6 heteroatoms. The molecule has 0 aliphatic heterocycles. The fourth-order valence-corrected chi connectivity index (χ4v) is 1.20. The predicted molar refractivity (Wildman–Crippen MR) is 56.2 cm³/mol. The highest BCUT2D eigenvalue weighted by Crippen LogP contribution is 2.18. The summed E-state index contributed by atoms with van der Waals surface area (Å²) in [6.45, 7) is 2.35. The van der Waals surface area contributed by atoms with Crippen molar-refractivity contribution in [2.45, 2.75) is 6.92 Å². The van der Waals surface area contributed by atoms with Crippen molar-refractivity contribution in [2.75, 3.05) is 11.9 Å². The fourth-order valence-electron chi connectivity index (χ4n) is 0.945. The molecule has 0 spiro atoms. The lowest BCUT2D eigenvalue weighted by Gasteiger charge is -2.09. The molecule has 0 saturated heterocycles. The molecule has 0 aromatic heterocycles. The Labute approximate surface area is 90.5 Å². The van der Waals surface area contributed by atoms with Gasteiger partial charge in [-0.15, -0.1) is 0 Å². The van der Waals surface area contributed by atoms with Gasteiger partial charge in [-0.25, -0.2) is 13.2 Å². The Morgan fingerprint density at radius 1 is 1.20 bits per heavy atom. The molecule has 15 heavy (non-hydrogen) atoms. The first-order valence-electron chi connectivity index (χ1n) is 4.24. The van der Waals surface area contributed by atoms with Crippen molar-refractivity contribution in [1.29, 1.82) is 0 Å². The van der Waals surface area contributed by atoms with E-state index >= 15 is 0 Å². The minimum Gasteiger partial charge on any atom is -0.363 e. The zero-order valence-corrected chi connectivity index (χ0v) is 8.72. The maximum absolute atomic E-state index is 13.1. The van der Waals surface area contributed by atoms with Gasteiger partial charge in [-0.2, -0.15) is 0 Å². The van der Waals surface area contributed by atoms with Crippen LogP contribution in [0.25, 0.3) is 0 Å². The smallest absolute Gasteiger partial charge is 0.170 e. The molecular formula is C9H9F3N2S. The van der Waals surface area contributed by atoms with Crippen molar-refractivity contribution in [3.05, 3.63) is 29.6 Å². The van der Waals surface area contributed by atoms with E-state index in [1.165, 1.54) is 0 Å². The van der Waals surface area contributed by atoms with Crippen LogP contribution in [0.2, 0.25) is 0 Å². The molecule has 0 aliphatic carbocycles. The topological polar surface area (TPSA) is 24.1 Å². The second-order valence-corrected chi connectivity index (χ2v) is 3.14. The van der Waals surface area contributed by atoms with Crippen LogP contribution in [0.15, 0.2) is 12.1 Å². The Morgan fingerprint density at radius 3 is 2.40 bits per heavy atom. The van der Waals surface area contributed by atoms with Crippen molar-refractivity contribution in [1.82, 2.24) is 5.32 Å². The highest BCUT2D eigenvalue weighted by atomic mass is 32.1. The zero-order valence-electron chi connectivity index (χ0n) is 7.90. The normalized spacial score (nSPS) is 9.87. The summed E-state index contributed by atoms with van der Waals surface area (Å²) in [5, 5.41) is 5.27. The van der Waals surface area contributed by atoms with E-state index in [0.717, 1.165) is 0 Å². The third kappa shape index (κ3) is 3.09. The van der Waals surface area contributed by atoms with Crippen molar-refractivity contribution < 1.29 is 13.2 Å². The maximum Gasteiger partial charge on any atom is 0.170 e. The van der Waals surface area contributed by atoms with E-state index in [-0.39, 0.29) is 10.8 Å². The Hall–Kier alpha value is -1.30. The van der Waals surface area contributed by atoms with Gasteiger partial charge < -0.3 is 10.6 Å². The number of nitrogens with one attached hydrogen (secondary N) is 2. The fraction of sp³-hybridized carbons (Fsp3) is 0.222. The van der Waals surface area contributed by atoms with Gasteiger partial charge in [0, 0.05) is 18.7 Å². The quantitative estimate of drug-likeness (QED) is 0.607. The lowest BCUT2D eigenvalue weighted by molar-refractivity contribution is 0.496. The Kier molecular flexibility index (Phi) is 3.90. The average Bonchev–Trinajstić information content (AvgIpc) is 2.14. The molecule has 0 amide bonds. The number of benzene rings is 1. The van der Waals surface area contributed by atoms with Crippen LogP contribution in [0.5, 0.6) is 0 Å². The van der Waals surface area contributed by atoms with E-state index in [0.29, 0.717) is 18.7 Å². The summed E-state index contributed by atoms with van der Waals surface area (Å²) in [6.07, 6.45) is 0. The standard InChI is InChI=1S/C9H9F3N2S/c1-2-13-9(15)14-8-4-6(11)5(10)3-7(8)12/h3-4H,2H2,1H3,(H2,13,14,15). The first-order chi connectivity index (χ1) is 7.04. The van der Waals surface area contributed by atoms with Crippen LogP contribution in [-0.4, -0.2) is 11.7 Å². The first-order valence-corrected chi connectivity index (χ1v) is 4.64. The predicted octanol–water partition coefficient (Wildman–Crippen LogP) is 2.41. The molecule has 0 fully saturated rings. The van der Waals surface area contributed by atoms with Gasteiger partial charge in [0.15, 0.2) is 16.7 Å². The summed E-state index contributed by atoms with van der Waals surface area (Å²) in [4.78, 5) is 0. The highest BCUT2D eigenvalue weighted by molar-refractivity contribution is 7.80. The molecule has 1 aromatic rings. The van der Waals surface area contributed by atoms with Crippen molar-refractivity contribution >= 4 is 23.0 Å². The number of anilines is 1. The molecule has 1 rings (SSSR count). The van der Waals surface area contributed by atoms with Crippen LogP contribution >= 0.6 is 12.2 Å². The summed E-state index contributed by atoms with van der Waals surface area (Å²) in [7, 11) is 0. The molecule has 2 nitrogen and oxygen atoms in total. The Bertz CT molecular complexity index is 382. The molecule has 2 N–H and O–H groups in total. The molecule has 0 radical (unpaired) electrons. The SMILES string of the molecule is CCNC(=S)Nc1cc(F)c(F)cc1F. The van der Waals surface area contributed by atoms with Gasteiger partial charge in [0.1, 0.15) is 5.82 Å². The molecule has 0 heterocycles. The molecule has 0 aliphatic rings. The highest BCUT2D eigenvalue weighted by Gasteiger charge is 2.10. The molecule has 0 saturated carbocycles. The maximum atomic E-state index is 13.1. The van der Waals surface area contributed by atoms with Gasteiger partial charge in [0.25, 0.3) is 0 Å². The van der Waals surface area contributed by atoms with Crippen molar-refractivity contribution in [3.63, 3.8) is 0 Å². The monoisotopic (exact) mass is 234 g/mol. The van der Waals surface area contributed by atoms with Gasteiger partial charge in [0.2, 0.25) is 0 Å². The van der Waals surface area contributed by atoms with Gasteiger partial charge in [-0.3, -0.25) is 0 Å². The van der Waals surface area contributed by atoms with Crippen LogP contribution in [0.1, 0.15) is 6.92 Å². The summed E-state index contributed by atoms with van der Waals surface area (Å²) in [5.41, 5.74) is -0.195. The molecule has 0 unspecified atom stereocenters. The number of halogens is 3. The van der Waals surface area contributed by atoms with Crippen LogP contribution in [0.4, 0.5) is 18.9 Å². The summed E-state index contributed by atoms with van der Waals surface area (Å²) < 4.78 is 38.4. The number of hydrogen-bond donors (Lipinski definition) is 2. The van der Waals surface area contributed by atoms with E-state index in [4.69, 9.17) is 12.2 Å². The molecular weight excluding hydrogens is 225 g/mol. The third-order valence-electron chi connectivity index (χ3n) is 1.60. The van der Waals surface area contributed by atoms with Gasteiger partial charge in [-0.05, 0) is 19.1 Å². The minimum atomic E-state index is -1.23. The average molecular weight is 234 g/mol. The molecule has 0 bridgehead atoms. The first kappa shape index (κ1) is 11.8. The summed E-state index contributed by atoms with van der Waals surface area (Å²) >= 11 is 4.77. The van der Waals surface area contributed by atoms with Crippen molar-refractivity contribution in [3.8, 4) is 0 Å². The van der Waals surface area contributed by atoms with Crippen LogP contribution in [0.3, 0.4) is 0 Å². The van der Waals surface area contributed by atoms with Gasteiger partial charge >= 0.3 is 0 Å². The van der Waals surface area contributed by atoms with Gasteiger partial charge in [0.05, 0.1) is 5.69 Å². The summed E-state index contributed by atoms with van der Waals surface area (Å²) in [5.74, 6) is -3.25. The largest absolute Gasteiger partial charge is 0.363 e. The van der Waals surface area contributed by atoms with Gasteiger partial charge in [-0.1, -0.05) is 0 Å². The molecule has 82 valence electrons.